The van der Waals surface area contributed by atoms with Crippen molar-refractivity contribution in [3.63, 3.8) is 0 Å². The highest BCUT2D eigenvalue weighted by atomic mass is 32.1. The van der Waals surface area contributed by atoms with Gasteiger partial charge in [0.25, 0.3) is 0 Å². The highest BCUT2D eigenvalue weighted by molar-refractivity contribution is 7.71. The zero-order valence-corrected chi connectivity index (χ0v) is 8.61. The molecule has 0 aromatic carbocycles. The summed E-state index contributed by atoms with van der Waals surface area (Å²) in [6.07, 6.45) is 1.15. The molecule has 68 valence electrons. The van der Waals surface area contributed by atoms with Crippen LogP contribution in [0.25, 0.3) is 0 Å². The van der Waals surface area contributed by atoms with Crippen LogP contribution >= 0.6 is 12.2 Å². The minimum absolute atomic E-state index is 0.709. The number of H-pyrrole nitrogens is 1. The highest BCUT2D eigenvalue weighted by Gasteiger charge is 2.01. The van der Waals surface area contributed by atoms with Crippen LogP contribution < -0.4 is 0 Å². The van der Waals surface area contributed by atoms with Crippen molar-refractivity contribution in [2.24, 2.45) is 5.92 Å². The van der Waals surface area contributed by atoms with Crippen LogP contribution in [-0.4, -0.2) is 14.8 Å². The van der Waals surface area contributed by atoms with Gasteiger partial charge in [0.1, 0.15) is 5.82 Å². The molecule has 1 aromatic rings. The Hall–Kier alpha value is -0.640. The van der Waals surface area contributed by atoms with E-state index in [-0.39, 0.29) is 0 Å². The fraction of sp³-hybridized carbons (Fsp3) is 0.750. The lowest BCUT2D eigenvalue weighted by Gasteiger charge is -2.05. The van der Waals surface area contributed by atoms with Crippen LogP contribution in [0.15, 0.2) is 0 Å². The number of nitrogens with one attached hydrogen (secondary N) is 1. The van der Waals surface area contributed by atoms with Crippen LogP contribution in [0.2, 0.25) is 0 Å². The van der Waals surface area contributed by atoms with Gasteiger partial charge >= 0.3 is 0 Å². The van der Waals surface area contributed by atoms with Gasteiger partial charge in [-0.25, -0.2) is 0 Å². The molecule has 0 aliphatic rings. The number of hydrogen-bond donors (Lipinski definition) is 1. The van der Waals surface area contributed by atoms with E-state index in [0.717, 1.165) is 23.6 Å². The van der Waals surface area contributed by atoms with E-state index >= 15 is 0 Å². The second-order valence-corrected chi connectivity index (χ2v) is 3.80. The van der Waals surface area contributed by atoms with E-state index in [4.69, 9.17) is 12.2 Å². The van der Waals surface area contributed by atoms with Crippen LogP contribution in [0.3, 0.4) is 0 Å². The predicted octanol–water partition coefficient (Wildman–Crippen LogP) is 2.30. The van der Waals surface area contributed by atoms with E-state index in [9.17, 15) is 0 Å². The van der Waals surface area contributed by atoms with Crippen LogP contribution in [0.4, 0.5) is 0 Å². The van der Waals surface area contributed by atoms with Crippen molar-refractivity contribution < 1.29 is 0 Å². The Morgan fingerprint density at radius 1 is 1.58 bits per heavy atom. The van der Waals surface area contributed by atoms with Gasteiger partial charge in [0.05, 0.1) is 0 Å². The van der Waals surface area contributed by atoms with Gasteiger partial charge in [0.15, 0.2) is 4.77 Å². The summed E-state index contributed by atoms with van der Waals surface area (Å²) in [6.45, 7) is 7.35. The molecule has 0 bridgehead atoms. The number of nitrogens with zero attached hydrogens (tertiary/aromatic N) is 2. The van der Waals surface area contributed by atoms with E-state index in [1.54, 1.807) is 0 Å². The first-order valence-electron chi connectivity index (χ1n) is 4.23. The molecule has 0 radical (unpaired) electrons. The van der Waals surface area contributed by atoms with Crippen molar-refractivity contribution in [2.75, 3.05) is 0 Å². The summed E-state index contributed by atoms with van der Waals surface area (Å²) in [5.41, 5.74) is 0. The number of hydrogen-bond acceptors (Lipinski definition) is 2. The number of aryl methyl sites for hydroxylation is 1. The molecule has 0 saturated heterocycles. The van der Waals surface area contributed by atoms with Gasteiger partial charge in [-0.1, -0.05) is 13.8 Å². The molecule has 0 spiro atoms. The quantitative estimate of drug-likeness (QED) is 0.733. The smallest absolute Gasteiger partial charge is 0.195 e. The summed E-state index contributed by atoms with van der Waals surface area (Å²) in [5, 5.41) is 6.82. The third kappa shape index (κ3) is 2.17. The van der Waals surface area contributed by atoms with Crippen LogP contribution in [0.1, 0.15) is 26.1 Å². The van der Waals surface area contributed by atoms with Gasteiger partial charge in [-0.3, -0.25) is 5.10 Å². The molecule has 3 nitrogen and oxygen atoms in total. The third-order valence-corrected chi connectivity index (χ3v) is 2.19. The molecule has 0 aliphatic heterocycles. The second kappa shape index (κ2) is 3.85. The molecule has 12 heavy (non-hydrogen) atoms. The SMILES string of the molecule is Cc1n[nH]c(=S)n1CCC(C)C. The van der Waals surface area contributed by atoms with Crippen molar-refractivity contribution in [1.29, 1.82) is 0 Å². The van der Waals surface area contributed by atoms with Gasteiger partial charge in [0, 0.05) is 6.54 Å². The molecule has 0 fully saturated rings. The van der Waals surface area contributed by atoms with Gasteiger partial charge in [-0.05, 0) is 31.5 Å². The van der Waals surface area contributed by atoms with Crippen molar-refractivity contribution >= 4 is 12.2 Å². The summed E-state index contributed by atoms with van der Waals surface area (Å²) in [5.74, 6) is 1.68. The lowest BCUT2D eigenvalue weighted by atomic mass is 10.1. The molecule has 1 heterocycles. The summed E-state index contributed by atoms with van der Waals surface area (Å²) in [6, 6.07) is 0. The number of rotatable bonds is 3. The Morgan fingerprint density at radius 2 is 2.25 bits per heavy atom. The van der Waals surface area contributed by atoms with Crippen LogP contribution in [-0.2, 0) is 6.54 Å². The molecule has 0 unspecified atom stereocenters. The summed E-state index contributed by atoms with van der Waals surface area (Å²) in [7, 11) is 0. The van der Waals surface area contributed by atoms with E-state index in [2.05, 4.69) is 24.0 Å². The minimum Gasteiger partial charge on any atom is -0.304 e. The Bertz CT molecular complexity index is 297. The Kier molecular flexibility index (Phi) is 3.03. The van der Waals surface area contributed by atoms with Crippen molar-refractivity contribution in [2.45, 2.75) is 33.7 Å². The predicted molar refractivity (Wildman–Crippen MR) is 51.6 cm³/mol. The minimum atomic E-state index is 0.709. The first-order valence-corrected chi connectivity index (χ1v) is 4.64. The number of aromatic amines is 1. The molecular formula is C8H15N3S. The highest BCUT2D eigenvalue weighted by Crippen LogP contribution is 2.04. The second-order valence-electron chi connectivity index (χ2n) is 3.41. The van der Waals surface area contributed by atoms with E-state index in [0.29, 0.717) is 5.92 Å². The van der Waals surface area contributed by atoms with Crippen LogP contribution in [0.5, 0.6) is 0 Å². The molecule has 1 rings (SSSR count). The lowest BCUT2D eigenvalue weighted by Crippen LogP contribution is -2.03. The maximum Gasteiger partial charge on any atom is 0.195 e. The Morgan fingerprint density at radius 3 is 2.67 bits per heavy atom. The topological polar surface area (TPSA) is 33.6 Å². The van der Waals surface area contributed by atoms with Crippen LogP contribution in [0, 0.1) is 17.6 Å². The zero-order chi connectivity index (χ0) is 9.14. The number of aromatic nitrogens is 3. The average Bonchev–Trinajstić information content (AvgIpc) is 2.28. The summed E-state index contributed by atoms with van der Waals surface area (Å²) >= 11 is 5.07. The first kappa shape index (κ1) is 9.45. The Labute approximate surface area is 77.8 Å². The average molecular weight is 185 g/mol. The maximum absolute atomic E-state index is 5.07. The van der Waals surface area contributed by atoms with Gasteiger partial charge in [0.2, 0.25) is 0 Å². The fourth-order valence-electron chi connectivity index (χ4n) is 1.05. The lowest BCUT2D eigenvalue weighted by molar-refractivity contribution is 0.507. The molecule has 4 heteroatoms. The molecule has 0 atom stereocenters. The van der Waals surface area contributed by atoms with E-state index < -0.39 is 0 Å². The standard InChI is InChI=1S/C8H15N3S/c1-6(2)4-5-11-7(3)9-10-8(11)12/h6H,4-5H2,1-3H3,(H,10,12). The van der Waals surface area contributed by atoms with Crippen molar-refractivity contribution in [3.8, 4) is 0 Å². The molecule has 1 aromatic heterocycles. The van der Waals surface area contributed by atoms with Gasteiger partial charge in [-0.15, -0.1) is 0 Å². The Balaban J connectivity index is 2.68. The third-order valence-electron chi connectivity index (χ3n) is 1.88. The van der Waals surface area contributed by atoms with Gasteiger partial charge < -0.3 is 4.57 Å². The van der Waals surface area contributed by atoms with Gasteiger partial charge in [-0.2, -0.15) is 5.10 Å². The molecule has 0 saturated carbocycles. The normalized spacial score (nSPS) is 11.0. The largest absolute Gasteiger partial charge is 0.304 e. The monoisotopic (exact) mass is 185 g/mol. The molecule has 0 amide bonds. The first-order chi connectivity index (χ1) is 5.61. The zero-order valence-electron chi connectivity index (χ0n) is 7.79. The molecule has 1 N–H and O–H groups in total. The summed E-state index contributed by atoms with van der Waals surface area (Å²) < 4.78 is 2.77. The van der Waals surface area contributed by atoms with E-state index in [1.165, 1.54) is 0 Å². The molecule has 0 aliphatic carbocycles. The summed E-state index contributed by atoms with van der Waals surface area (Å²) in [4.78, 5) is 0. The molecular weight excluding hydrogens is 170 g/mol. The van der Waals surface area contributed by atoms with Crippen molar-refractivity contribution in [3.05, 3.63) is 10.6 Å². The van der Waals surface area contributed by atoms with Crippen molar-refractivity contribution in [1.82, 2.24) is 14.8 Å². The van der Waals surface area contributed by atoms with E-state index in [1.807, 2.05) is 11.5 Å². The fourth-order valence-corrected chi connectivity index (χ4v) is 1.32. The maximum atomic E-state index is 5.07.